The van der Waals surface area contributed by atoms with E-state index in [0.717, 1.165) is 37.1 Å². The van der Waals surface area contributed by atoms with Crippen LogP contribution in [0.5, 0.6) is 5.75 Å². The van der Waals surface area contributed by atoms with Crippen LogP contribution in [0.1, 0.15) is 34.5 Å². The molecule has 2 heterocycles. The number of alkyl halides is 3. The summed E-state index contributed by atoms with van der Waals surface area (Å²) in [6, 6.07) is 10.8. The molecule has 2 aliphatic rings. The molecule has 0 fully saturated rings. The molecule has 1 amide bonds. The van der Waals surface area contributed by atoms with Crippen LogP contribution in [0, 0.1) is 0 Å². The topological polar surface area (TPSA) is 60.2 Å². The summed E-state index contributed by atoms with van der Waals surface area (Å²) in [6.45, 7) is 0.220. The maximum absolute atomic E-state index is 12.8. The maximum atomic E-state index is 12.8. The summed E-state index contributed by atoms with van der Waals surface area (Å²) in [4.78, 5) is 12.6. The molecule has 5 rings (SSSR count). The van der Waals surface area contributed by atoms with Gasteiger partial charge in [0, 0.05) is 0 Å². The van der Waals surface area contributed by atoms with Crippen molar-refractivity contribution in [2.45, 2.75) is 43.7 Å². The molecule has 0 radical (unpaired) electrons. The first-order chi connectivity index (χ1) is 15.4. The Morgan fingerprint density at radius 3 is 2.59 bits per heavy atom. The van der Waals surface area contributed by atoms with Crippen LogP contribution in [-0.2, 0) is 37.0 Å². The van der Waals surface area contributed by atoms with Crippen LogP contribution < -0.4 is 9.75 Å². The van der Waals surface area contributed by atoms with Gasteiger partial charge in [0.1, 0.15) is 12.4 Å². The number of rotatable bonds is 5. The van der Waals surface area contributed by atoms with E-state index in [2.05, 4.69) is 16.3 Å². The van der Waals surface area contributed by atoms with E-state index in [9.17, 15) is 18.0 Å². The molecule has 1 aliphatic carbocycles. The van der Waals surface area contributed by atoms with Gasteiger partial charge >= 0.3 is 6.18 Å². The zero-order valence-corrected chi connectivity index (χ0v) is 17.7. The molecule has 0 atom stereocenters. The summed E-state index contributed by atoms with van der Waals surface area (Å²) >= 11 is 1.27. The Kier molecular flexibility index (Phi) is 5.32. The molecule has 0 saturated heterocycles. The average molecular weight is 460 g/mol. The van der Waals surface area contributed by atoms with Gasteiger partial charge in [-0.15, -0.1) is 10.2 Å². The average Bonchev–Trinajstić information content (AvgIpc) is 3.40. The molecule has 166 valence electrons. The third-order valence-corrected chi connectivity index (χ3v) is 6.49. The second-order valence-corrected chi connectivity index (χ2v) is 8.66. The number of aryl methyl sites for hydroxylation is 2. The molecule has 10 heteroatoms. The molecule has 6 nitrogen and oxygen atoms in total. The highest BCUT2D eigenvalue weighted by Gasteiger charge is 2.31. The van der Waals surface area contributed by atoms with Crippen LogP contribution in [0.3, 0.4) is 0 Å². The van der Waals surface area contributed by atoms with Crippen molar-refractivity contribution < 1.29 is 22.7 Å². The summed E-state index contributed by atoms with van der Waals surface area (Å²) < 4.78 is 46.1. The normalized spacial score (nSPS) is 15.6. The van der Waals surface area contributed by atoms with E-state index in [0.29, 0.717) is 16.5 Å². The molecular weight excluding hydrogens is 441 g/mol. The maximum Gasteiger partial charge on any atom is 0.416 e. The SMILES string of the molecule is O=C1CSc2nnc(COc3ccc4c(c3)CCC4)n2N1Cc1ccc(C(F)(F)F)cc1. The molecule has 0 spiro atoms. The number of carbonyl (C=O) groups is 1. The van der Waals surface area contributed by atoms with Crippen molar-refractivity contribution in [1.29, 1.82) is 0 Å². The Bertz CT molecular complexity index is 1160. The lowest BCUT2D eigenvalue weighted by Crippen LogP contribution is -2.45. The van der Waals surface area contributed by atoms with Gasteiger partial charge in [0.15, 0.2) is 5.82 Å². The minimum atomic E-state index is -4.40. The third kappa shape index (κ3) is 4.06. The van der Waals surface area contributed by atoms with Crippen LogP contribution >= 0.6 is 11.8 Å². The van der Waals surface area contributed by atoms with Gasteiger partial charge < -0.3 is 4.74 Å². The standard InChI is InChI=1S/C22H19F3N4O2S/c23-22(24,25)17-7-4-14(5-8-17)11-28-20(30)13-32-21-27-26-19(29(21)28)12-31-18-9-6-15-2-1-3-16(15)10-18/h4-10H,1-3,11-13H2. The summed E-state index contributed by atoms with van der Waals surface area (Å²) in [7, 11) is 0. The highest BCUT2D eigenvalue weighted by Crippen LogP contribution is 2.30. The number of fused-ring (bicyclic) bond motifs is 2. The Balaban J connectivity index is 1.35. The molecule has 0 bridgehead atoms. The van der Waals surface area contributed by atoms with E-state index in [4.69, 9.17) is 4.74 Å². The van der Waals surface area contributed by atoms with E-state index >= 15 is 0 Å². The van der Waals surface area contributed by atoms with Crippen molar-refractivity contribution in [3.8, 4) is 5.75 Å². The minimum Gasteiger partial charge on any atom is -0.486 e. The van der Waals surface area contributed by atoms with Crippen molar-refractivity contribution in [2.24, 2.45) is 0 Å². The predicted octanol–water partition coefficient (Wildman–Crippen LogP) is 4.14. The van der Waals surface area contributed by atoms with Gasteiger partial charge in [-0.05, 0) is 60.2 Å². The second kappa shape index (κ2) is 8.16. The molecule has 0 N–H and O–H groups in total. The number of carbonyl (C=O) groups excluding carboxylic acids is 1. The number of ether oxygens (including phenoxy) is 1. The summed E-state index contributed by atoms with van der Waals surface area (Å²) in [5, 5.41) is 10.3. The number of aromatic nitrogens is 3. The largest absolute Gasteiger partial charge is 0.486 e. The van der Waals surface area contributed by atoms with Crippen molar-refractivity contribution in [3.05, 3.63) is 70.5 Å². The lowest BCUT2D eigenvalue weighted by atomic mass is 10.1. The van der Waals surface area contributed by atoms with Gasteiger partial charge in [0.2, 0.25) is 5.16 Å². The number of hydrogen-bond donors (Lipinski definition) is 0. The van der Waals surface area contributed by atoms with E-state index in [1.165, 1.54) is 40.0 Å². The molecule has 32 heavy (non-hydrogen) atoms. The second-order valence-electron chi connectivity index (χ2n) is 7.72. The van der Waals surface area contributed by atoms with Crippen LogP contribution in [0.4, 0.5) is 13.2 Å². The summed E-state index contributed by atoms with van der Waals surface area (Å²) in [6.07, 6.45) is -1.13. The van der Waals surface area contributed by atoms with E-state index in [-0.39, 0.29) is 24.8 Å². The van der Waals surface area contributed by atoms with E-state index in [1.807, 2.05) is 12.1 Å². The first-order valence-electron chi connectivity index (χ1n) is 10.2. The van der Waals surface area contributed by atoms with Gasteiger partial charge in [-0.3, -0.25) is 4.79 Å². The molecule has 0 unspecified atom stereocenters. The predicted molar refractivity (Wildman–Crippen MR) is 112 cm³/mol. The van der Waals surface area contributed by atoms with E-state index < -0.39 is 11.7 Å². The number of halogens is 3. The minimum absolute atomic E-state index is 0.106. The summed E-state index contributed by atoms with van der Waals surface area (Å²) in [5.41, 5.74) is 2.49. The lowest BCUT2D eigenvalue weighted by Gasteiger charge is -2.29. The number of amides is 1. The fraction of sp³-hybridized carbons (Fsp3) is 0.318. The number of hydrogen-bond acceptors (Lipinski definition) is 5. The zero-order chi connectivity index (χ0) is 22.3. The quantitative estimate of drug-likeness (QED) is 0.573. The van der Waals surface area contributed by atoms with Crippen LogP contribution in [0.15, 0.2) is 47.6 Å². The fourth-order valence-corrected chi connectivity index (χ4v) is 4.77. The molecule has 3 aromatic rings. The van der Waals surface area contributed by atoms with Gasteiger partial charge in [-0.25, -0.2) is 9.69 Å². The summed E-state index contributed by atoms with van der Waals surface area (Å²) in [5.74, 6) is 1.19. The Morgan fingerprint density at radius 2 is 1.81 bits per heavy atom. The van der Waals surface area contributed by atoms with Crippen molar-refractivity contribution in [1.82, 2.24) is 14.9 Å². The zero-order valence-electron chi connectivity index (χ0n) is 16.9. The van der Waals surface area contributed by atoms with Gasteiger partial charge in [-0.2, -0.15) is 13.2 Å². The lowest BCUT2D eigenvalue weighted by molar-refractivity contribution is -0.137. The Hall–Kier alpha value is -3.01. The molecule has 2 aromatic carbocycles. The first kappa shape index (κ1) is 20.9. The smallest absolute Gasteiger partial charge is 0.416 e. The Labute approximate surface area is 186 Å². The fourth-order valence-electron chi connectivity index (χ4n) is 3.95. The Morgan fingerprint density at radius 1 is 1.03 bits per heavy atom. The van der Waals surface area contributed by atoms with Gasteiger partial charge in [-0.1, -0.05) is 30.0 Å². The molecular formula is C22H19F3N4O2S. The van der Waals surface area contributed by atoms with Gasteiger partial charge in [0.05, 0.1) is 17.9 Å². The molecule has 1 aliphatic heterocycles. The first-order valence-corrected chi connectivity index (χ1v) is 11.2. The number of benzene rings is 2. The van der Waals surface area contributed by atoms with Gasteiger partial charge in [0.25, 0.3) is 5.91 Å². The van der Waals surface area contributed by atoms with Crippen LogP contribution in [-0.4, -0.2) is 26.5 Å². The highest BCUT2D eigenvalue weighted by atomic mass is 32.2. The monoisotopic (exact) mass is 460 g/mol. The third-order valence-electron chi connectivity index (χ3n) is 5.58. The van der Waals surface area contributed by atoms with Crippen LogP contribution in [0.25, 0.3) is 0 Å². The van der Waals surface area contributed by atoms with Crippen LogP contribution in [0.2, 0.25) is 0 Å². The highest BCUT2D eigenvalue weighted by molar-refractivity contribution is 7.99. The number of thioether (sulfide) groups is 1. The molecule has 1 aromatic heterocycles. The van der Waals surface area contributed by atoms with Crippen molar-refractivity contribution >= 4 is 17.7 Å². The molecule has 0 saturated carbocycles. The van der Waals surface area contributed by atoms with Crippen molar-refractivity contribution in [3.63, 3.8) is 0 Å². The van der Waals surface area contributed by atoms with Crippen molar-refractivity contribution in [2.75, 3.05) is 10.8 Å². The van der Waals surface area contributed by atoms with E-state index in [1.54, 1.807) is 4.68 Å². The number of nitrogens with zero attached hydrogens (tertiary/aromatic N) is 4.